The zero-order valence-electron chi connectivity index (χ0n) is 18.4. The van der Waals surface area contributed by atoms with Crippen molar-refractivity contribution in [3.05, 3.63) is 63.5 Å². The van der Waals surface area contributed by atoms with Gasteiger partial charge in [-0.3, -0.25) is 4.79 Å². The summed E-state index contributed by atoms with van der Waals surface area (Å²) < 4.78 is 26.3. The SMILES string of the molecule is CCOC(=O)CCc1cc2c(C)cc(=O)oc2cc1OC(=O)c1cc(OC)cc(OC)c1. The maximum atomic E-state index is 12.9. The topological polar surface area (TPSA) is 101 Å². The van der Waals surface area contributed by atoms with Gasteiger partial charge in [-0.25, -0.2) is 9.59 Å². The van der Waals surface area contributed by atoms with Crippen molar-refractivity contribution in [3.63, 3.8) is 0 Å². The Labute approximate surface area is 184 Å². The van der Waals surface area contributed by atoms with E-state index in [1.54, 1.807) is 26.0 Å². The van der Waals surface area contributed by atoms with Gasteiger partial charge in [-0.15, -0.1) is 0 Å². The molecule has 3 rings (SSSR count). The minimum Gasteiger partial charge on any atom is -0.497 e. The Bertz CT molecular complexity index is 1190. The summed E-state index contributed by atoms with van der Waals surface area (Å²) >= 11 is 0. The van der Waals surface area contributed by atoms with Gasteiger partial charge in [0.05, 0.1) is 26.4 Å². The van der Waals surface area contributed by atoms with Gasteiger partial charge in [0.15, 0.2) is 0 Å². The molecule has 0 saturated heterocycles. The number of carbonyl (C=O) groups excluding carboxylic acids is 2. The molecule has 0 spiro atoms. The van der Waals surface area contributed by atoms with Gasteiger partial charge < -0.3 is 23.4 Å². The fraction of sp³-hybridized carbons (Fsp3) is 0.292. The largest absolute Gasteiger partial charge is 0.497 e. The van der Waals surface area contributed by atoms with Gasteiger partial charge in [0.25, 0.3) is 0 Å². The Morgan fingerprint density at radius 1 is 0.969 bits per heavy atom. The van der Waals surface area contributed by atoms with Gasteiger partial charge in [0, 0.05) is 30.0 Å². The van der Waals surface area contributed by atoms with E-state index in [4.69, 9.17) is 23.4 Å². The molecule has 8 nitrogen and oxygen atoms in total. The molecule has 1 heterocycles. The molecule has 2 aromatic carbocycles. The summed E-state index contributed by atoms with van der Waals surface area (Å²) in [6, 6.07) is 9.30. The summed E-state index contributed by atoms with van der Waals surface area (Å²) in [5.41, 5.74) is 1.29. The standard InChI is InChI=1S/C24H24O8/c1-5-30-22(25)7-6-15-11-19-14(2)8-23(26)31-21(19)13-20(15)32-24(27)16-9-17(28-3)12-18(10-16)29-4/h8-13H,5-7H2,1-4H3. The van der Waals surface area contributed by atoms with E-state index in [1.807, 2.05) is 0 Å². The van der Waals surface area contributed by atoms with E-state index >= 15 is 0 Å². The Balaban J connectivity index is 2.01. The second-order valence-electron chi connectivity index (χ2n) is 7.00. The van der Waals surface area contributed by atoms with Gasteiger partial charge in [0.1, 0.15) is 22.8 Å². The third kappa shape index (κ3) is 5.26. The normalized spacial score (nSPS) is 10.6. The van der Waals surface area contributed by atoms with Crippen LogP contribution in [0.5, 0.6) is 17.2 Å². The summed E-state index contributed by atoms with van der Waals surface area (Å²) in [5, 5.41) is 0.686. The quantitative estimate of drug-likeness (QED) is 0.296. The lowest BCUT2D eigenvalue weighted by molar-refractivity contribution is -0.143. The number of hydrogen-bond donors (Lipinski definition) is 0. The molecule has 0 unspecified atom stereocenters. The van der Waals surface area contributed by atoms with E-state index in [9.17, 15) is 14.4 Å². The monoisotopic (exact) mass is 440 g/mol. The van der Waals surface area contributed by atoms with Crippen LogP contribution in [0.15, 0.2) is 45.6 Å². The summed E-state index contributed by atoms with van der Waals surface area (Å²) in [4.78, 5) is 36.6. The fourth-order valence-electron chi connectivity index (χ4n) is 3.24. The van der Waals surface area contributed by atoms with E-state index in [2.05, 4.69) is 0 Å². The molecular formula is C24H24O8. The molecule has 0 amide bonds. The lowest BCUT2D eigenvalue weighted by Gasteiger charge is -2.13. The maximum Gasteiger partial charge on any atom is 0.343 e. The maximum absolute atomic E-state index is 12.9. The summed E-state index contributed by atoms with van der Waals surface area (Å²) in [5.74, 6) is 0.0212. The van der Waals surface area contributed by atoms with Crippen molar-refractivity contribution in [1.82, 2.24) is 0 Å². The van der Waals surface area contributed by atoms with Crippen LogP contribution in [0.1, 0.15) is 34.8 Å². The first-order valence-electron chi connectivity index (χ1n) is 10.0. The molecule has 3 aromatic rings. The number of rotatable bonds is 8. The first-order chi connectivity index (χ1) is 15.3. The molecule has 0 saturated carbocycles. The Morgan fingerprint density at radius 2 is 1.66 bits per heavy atom. The molecule has 0 aliphatic carbocycles. The Hall–Kier alpha value is -3.81. The minimum absolute atomic E-state index is 0.104. The molecule has 0 aliphatic heterocycles. The lowest BCUT2D eigenvalue weighted by Crippen LogP contribution is -2.12. The zero-order valence-corrected chi connectivity index (χ0v) is 18.4. The highest BCUT2D eigenvalue weighted by Crippen LogP contribution is 2.30. The van der Waals surface area contributed by atoms with E-state index < -0.39 is 11.6 Å². The van der Waals surface area contributed by atoms with Gasteiger partial charge in [-0.2, -0.15) is 0 Å². The summed E-state index contributed by atoms with van der Waals surface area (Å²) in [6.07, 6.45) is 0.379. The van der Waals surface area contributed by atoms with Crippen molar-refractivity contribution < 1.29 is 33.0 Å². The number of benzene rings is 2. The molecule has 0 fully saturated rings. The van der Waals surface area contributed by atoms with Crippen LogP contribution in [0.3, 0.4) is 0 Å². The molecule has 32 heavy (non-hydrogen) atoms. The molecule has 168 valence electrons. The van der Waals surface area contributed by atoms with Crippen LogP contribution in [-0.4, -0.2) is 32.8 Å². The number of esters is 2. The van der Waals surface area contributed by atoms with Crippen LogP contribution in [0.25, 0.3) is 11.0 Å². The summed E-state index contributed by atoms with van der Waals surface area (Å²) in [6.45, 7) is 3.79. The van der Waals surface area contributed by atoms with Crippen molar-refractivity contribution in [2.24, 2.45) is 0 Å². The molecule has 0 bridgehead atoms. The highest BCUT2D eigenvalue weighted by molar-refractivity contribution is 5.93. The first kappa shape index (κ1) is 22.9. The van der Waals surface area contributed by atoms with E-state index in [0.29, 0.717) is 28.0 Å². The molecule has 0 radical (unpaired) electrons. The van der Waals surface area contributed by atoms with Crippen LogP contribution in [0.2, 0.25) is 0 Å². The summed E-state index contributed by atoms with van der Waals surface area (Å²) in [7, 11) is 2.95. The third-order valence-corrected chi connectivity index (χ3v) is 4.83. The van der Waals surface area contributed by atoms with Gasteiger partial charge in [-0.05, 0) is 49.6 Å². The predicted molar refractivity (Wildman–Crippen MR) is 117 cm³/mol. The van der Waals surface area contributed by atoms with Crippen molar-refractivity contribution in [2.45, 2.75) is 26.7 Å². The fourth-order valence-corrected chi connectivity index (χ4v) is 3.24. The van der Waals surface area contributed by atoms with Crippen LogP contribution < -0.4 is 19.8 Å². The smallest absolute Gasteiger partial charge is 0.343 e. The average Bonchev–Trinajstić information content (AvgIpc) is 2.77. The van der Waals surface area contributed by atoms with Gasteiger partial charge >= 0.3 is 17.6 Å². The molecule has 0 N–H and O–H groups in total. The first-order valence-corrected chi connectivity index (χ1v) is 10.0. The average molecular weight is 440 g/mol. The third-order valence-electron chi connectivity index (χ3n) is 4.83. The highest BCUT2D eigenvalue weighted by atomic mass is 16.5. The predicted octanol–water partition coefficient (Wildman–Crippen LogP) is 3.83. The number of hydrogen-bond acceptors (Lipinski definition) is 8. The second-order valence-corrected chi connectivity index (χ2v) is 7.00. The highest BCUT2D eigenvalue weighted by Gasteiger charge is 2.18. The van der Waals surface area contributed by atoms with E-state index in [1.165, 1.54) is 38.5 Å². The van der Waals surface area contributed by atoms with Crippen molar-refractivity contribution in [2.75, 3.05) is 20.8 Å². The van der Waals surface area contributed by atoms with Gasteiger partial charge in [-0.1, -0.05) is 0 Å². The minimum atomic E-state index is -0.658. The molecular weight excluding hydrogens is 416 g/mol. The molecule has 8 heteroatoms. The van der Waals surface area contributed by atoms with E-state index in [-0.39, 0.29) is 42.3 Å². The number of fused-ring (bicyclic) bond motifs is 1. The van der Waals surface area contributed by atoms with Crippen molar-refractivity contribution >= 4 is 22.9 Å². The molecule has 0 aliphatic rings. The van der Waals surface area contributed by atoms with Crippen LogP contribution in [0.4, 0.5) is 0 Å². The Kier molecular flexibility index (Phi) is 7.14. The zero-order chi connectivity index (χ0) is 23.3. The second kappa shape index (κ2) is 10.00. The lowest BCUT2D eigenvalue weighted by atomic mass is 10.0. The van der Waals surface area contributed by atoms with Crippen LogP contribution in [-0.2, 0) is 16.0 Å². The molecule has 1 aromatic heterocycles. The number of aryl methyl sites for hydroxylation is 2. The van der Waals surface area contributed by atoms with E-state index in [0.717, 1.165) is 0 Å². The van der Waals surface area contributed by atoms with Crippen molar-refractivity contribution in [1.29, 1.82) is 0 Å². The van der Waals surface area contributed by atoms with Crippen molar-refractivity contribution in [3.8, 4) is 17.2 Å². The number of ether oxygens (including phenoxy) is 4. The molecule has 0 atom stereocenters. The van der Waals surface area contributed by atoms with Crippen LogP contribution >= 0.6 is 0 Å². The number of methoxy groups -OCH3 is 2. The van der Waals surface area contributed by atoms with Crippen LogP contribution in [0, 0.1) is 6.92 Å². The Morgan fingerprint density at radius 3 is 2.28 bits per heavy atom. The van der Waals surface area contributed by atoms with Gasteiger partial charge in [0.2, 0.25) is 0 Å². The number of carbonyl (C=O) groups is 2.